The zero-order valence-electron chi connectivity index (χ0n) is 9.38. The lowest BCUT2D eigenvalue weighted by atomic mass is 10.1. The van der Waals surface area contributed by atoms with Crippen LogP contribution in [0.3, 0.4) is 0 Å². The van der Waals surface area contributed by atoms with Crippen LogP contribution in [0.2, 0.25) is 5.02 Å². The van der Waals surface area contributed by atoms with Crippen molar-refractivity contribution in [2.24, 2.45) is 0 Å². The molecular weight excluding hydrogens is 273 g/mol. The van der Waals surface area contributed by atoms with Crippen LogP contribution in [0.5, 0.6) is 5.75 Å². The highest BCUT2D eigenvalue weighted by atomic mass is 35.5. The average Bonchev–Trinajstić information content (AvgIpc) is 2.22. The molecule has 100 valence electrons. The number of hydrogen-bond acceptors (Lipinski definition) is 3. The quantitative estimate of drug-likeness (QED) is 0.795. The Morgan fingerprint density at radius 1 is 1.39 bits per heavy atom. The van der Waals surface area contributed by atoms with Crippen LogP contribution in [0.1, 0.15) is 12.5 Å². The van der Waals surface area contributed by atoms with E-state index in [1.54, 1.807) is 6.92 Å². The topological polar surface area (TPSA) is 35.5 Å². The molecule has 0 N–H and O–H groups in total. The zero-order chi connectivity index (χ0) is 13.8. The van der Waals surface area contributed by atoms with Crippen LogP contribution in [0.25, 0.3) is 0 Å². The molecular formula is C11H10ClF3O3. The lowest BCUT2D eigenvalue weighted by molar-refractivity contribution is -0.274. The van der Waals surface area contributed by atoms with Crippen molar-refractivity contribution in [1.82, 2.24) is 0 Å². The van der Waals surface area contributed by atoms with E-state index >= 15 is 0 Å². The fraction of sp³-hybridized carbons (Fsp3) is 0.364. The lowest BCUT2D eigenvalue weighted by Gasteiger charge is -2.14. The molecule has 1 aromatic carbocycles. The Hall–Kier alpha value is -1.43. The lowest BCUT2D eigenvalue weighted by Crippen LogP contribution is -2.19. The van der Waals surface area contributed by atoms with Crippen LogP contribution in [-0.2, 0) is 16.0 Å². The van der Waals surface area contributed by atoms with Gasteiger partial charge in [-0.2, -0.15) is 0 Å². The van der Waals surface area contributed by atoms with Gasteiger partial charge in [0.1, 0.15) is 0 Å². The van der Waals surface area contributed by atoms with Crippen LogP contribution in [0.15, 0.2) is 18.2 Å². The molecule has 3 nitrogen and oxygen atoms in total. The van der Waals surface area contributed by atoms with E-state index in [9.17, 15) is 18.0 Å². The van der Waals surface area contributed by atoms with E-state index in [1.165, 1.54) is 18.2 Å². The van der Waals surface area contributed by atoms with Crippen molar-refractivity contribution < 1.29 is 27.4 Å². The molecule has 1 aromatic rings. The molecule has 0 aromatic heterocycles. The second-order valence-electron chi connectivity index (χ2n) is 3.26. The number of benzene rings is 1. The summed E-state index contributed by atoms with van der Waals surface area (Å²) in [4.78, 5) is 11.2. The van der Waals surface area contributed by atoms with Crippen molar-refractivity contribution in [2.75, 3.05) is 6.61 Å². The summed E-state index contributed by atoms with van der Waals surface area (Å²) in [5.74, 6) is -1.22. The van der Waals surface area contributed by atoms with Gasteiger partial charge in [-0.3, -0.25) is 4.79 Å². The van der Waals surface area contributed by atoms with Crippen LogP contribution in [-0.4, -0.2) is 18.9 Å². The number of rotatable bonds is 4. The fourth-order valence-corrected chi connectivity index (χ4v) is 1.52. The highest BCUT2D eigenvalue weighted by Crippen LogP contribution is 2.33. The molecule has 0 aliphatic heterocycles. The van der Waals surface area contributed by atoms with Gasteiger partial charge >= 0.3 is 12.3 Å². The van der Waals surface area contributed by atoms with Crippen LogP contribution < -0.4 is 4.74 Å². The van der Waals surface area contributed by atoms with Gasteiger partial charge in [0.15, 0.2) is 5.75 Å². The molecule has 0 heterocycles. The van der Waals surface area contributed by atoms with Gasteiger partial charge in [-0.25, -0.2) is 0 Å². The third-order valence-electron chi connectivity index (χ3n) is 1.91. The van der Waals surface area contributed by atoms with Gasteiger partial charge in [-0.05, 0) is 13.0 Å². The number of halogens is 4. The molecule has 7 heteroatoms. The van der Waals surface area contributed by atoms with Gasteiger partial charge < -0.3 is 9.47 Å². The Bertz CT molecular complexity index is 432. The number of esters is 1. The van der Waals surface area contributed by atoms with E-state index < -0.39 is 18.1 Å². The largest absolute Gasteiger partial charge is 0.573 e. The van der Waals surface area contributed by atoms with Gasteiger partial charge in [-0.1, -0.05) is 23.7 Å². The Morgan fingerprint density at radius 2 is 2.06 bits per heavy atom. The highest BCUT2D eigenvalue weighted by Gasteiger charge is 2.33. The van der Waals surface area contributed by atoms with Gasteiger partial charge in [0.05, 0.1) is 18.1 Å². The van der Waals surface area contributed by atoms with Gasteiger partial charge in [0.25, 0.3) is 0 Å². The number of alkyl halides is 3. The van der Waals surface area contributed by atoms with Crippen LogP contribution in [0.4, 0.5) is 13.2 Å². The average molecular weight is 283 g/mol. The standard InChI is InChI=1S/C11H10ClF3O3/c1-2-17-9(16)6-7-4-3-5-8(12)10(7)18-11(13,14)15/h3-5H,2,6H2,1H3. The summed E-state index contributed by atoms with van der Waals surface area (Å²) in [5, 5.41) is -0.214. The molecule has 0 saturated heterocycles. The van der Waals surface area contributed by atoms with Crippen molar-refractivity contribution >= 4 is 17.6 Å². The van der Waals surface area contributed by atoms with Crippen molar-refractivity contribution in [2.45, 2.75) is 19.7 Å². The fourth-order valence-electron chi connectivity index (χ4n) is 1.29. The minimum atomic E-state index is -4.87. The molecule has 0 unspecified atom stereocenters. The maximum atomic E-state index is 12.2. The minimum absolute atomic E-state index is 0.0262. The van der Waals surface area contributed by atoms with Gasteiger partial charge in [-0.15, -0.1) is 13.2 Å². The summed E-state index contributed by atoms with van der Waals surface area (Å²) in [6.07, 6.45) is -5.20. The molecule has 0 aliphatic carbocycles. The Labute approximate surface area is 106 Å². The normalized spacial score (nSPS) is 11.2. The Balaban J connectivity index is 2.97. The minimum Gasteiger partial charge on any atom is -0.466 e. The van der Waals surface area contributed by atoms with Crippen molar-refractivity contribution in [3.63, 3.8) is 0 Å². The molecule has 1 rings (SSSR count). The summed E-state index contributed by atoms with van der Waals surface area (Å²) in [7, 11) is 0. The van der Waals surface area contributed by atoms with E-state index in [4.69, 9.17) is 11.6 Å². The summed E-state index contributed by atoms with van der Waals surface area (Å²) in [5.41, 5.74) is 0.0262. The smallest absolute Gasteiger partial charge is 0.466 e. The predicted octanol–water partition coefficient (Wildman–Crippen LogP) is 3.34. The predicted molar refractivity (Wildman–Crippen MR) is 58.5 cm³/mol. The summed E-state index contributed by atoms with van der Waals surface area (Å²) in [6, 6.07) is 4.00. The SMILES string of the molecule is CCOC(=O)Cc1cccc(Cl)c1OC(F)(F)F. The number of hydrogen-bond donors (Lipinski definition) is 0. The monoisotopic (exact) mass is 282 g/mol. The molecule has 0 saturated carbocycles. The summed E-state index contributed by atoms with van der Waals surface area (Å²) < 4.78 is 45.0. The number of ether oxygens (including phenoxy) is 2. The maximum Gasteiger partial charge on any atom is 0.573 e. The molecule has 0 fully saturated rings. The second kappa shape index (κ2) is 5.95. The first-order chi connectivity index (χ1) is 8.33. The number of para-hydroxylation sites is 1. The second-order valence-corrected chi connectivity index (χ2v) is 3.66. The zero-order valence-corrected chi connectivity index (χ0v) is 10.1. The van der Waals surface area contributed by atoms with Crippen molar-refractivity contribution in [3.05, 3.63) is 28.8 Å². The van der Waals surface area contributed by atoms with E-state index in [-0.39, 0.29) is 23.6 Å². The van der Waals surface area contributed by atoms with Crippen molar-refractivity contribution in [3.8, 4) is 5.75 Å². The van der Waals surface area contributed by atoms with Gasteiger partial charge in [0.2, 0.25) is 0 Å². The molecule has 0 aliphatic rings. The van der Waals surface area contributed by atoms with Gasteiger partial charge in [0, 0.05) is 5.56 Å². The molecule has 0 atom stereocenters. The van der Waals surface area contributed by atoms with E-state index in [1.807, 2.05) is 0 Å². The number of carbonyl (C=O) groups is 1. The van der Waals surface area contributed by atoms with Crippen LogP contribution in [0, 0.1) is 0 Å². The maximum absolute atomic E-state index is 12.2. The first-order valence-corrected chi connectivity index (χ1v) is 5.40. The van der Waals surface area contributed by atoms with E-state index in [2.05, 4.69) is 9.47 Å². The third kappa shape index (κ3) is 4.44. The molecule has 0 bridgehead atoms. The first kappa shape index (κ1) is 14.6. The molecule has 18 heavy (non-hydrogen) atoms. The molecule has 0 spiro atoms. The Kier molecular flexibility index (Phi) is 4.84. The summed E-state index contributed by atoms with van der Waals surface area (Å²) >= 11 is 5.62. The summed E-state index contributed by atoms with van der Waals surface area (Å²) in [6.45, 7) is 1.75. The van der Waals surface area contributed by atoms with Crippen LogP contribution >= 0.6 is 11.6 Å². The Morgan fingerprint density at radius 3 is 2.61 bits per heavy atom. The third-order valence-corrected chi connectivity index (χ3v) is 2.20. The van der Waals surface area contributed by atoms with E-state index in [0.29, 0.717) is 0 Å². The first-order valence-electron chi connectivity index (χ1n) is 5.02. The van der Waals surface area contributed by atoms with E-state index in [0.717, 1.165) is 0 Å². The van der Waals surface area contributed by atoms with Crippen molar-refractivity contribution in [1.29, 1.82) is 0 Å². The molecule has 0 radical (unpaired) electrons. The highest BCUT2D eigenvalue weighted by molar-refractivity contribution is 6.32. The number of carbonyl (C=O) groups excluding carboxylic acids is 1. The molecule has 0 amide bonds.